The third kappa shape index (κ3) is 3.70. The number of hydrogen-bond donors (Lipinski definition) is 0. The Hall–Kier alpha value is -1.66. The van der Waals surface area contributed by atoms with E-state index in [0.717, 1.165) is 17.6 Å². The van der Waals surface area contributed by atoms with Crippen molar-refractivity contribution in [2.75, 3.05) is 27.4 Å². The lowest BCUT2D eigenvalue weighted by Gasteiger charge is -2.42. The molecule has 24 heavy (non-hydrogen) atoms. The maximum atomic E-state index is 11.8. The number of carbonyl (C=O) groups is 2. The molecule has 1 saturated heterocycles. The molecule has 0 bridgehead atoms. The van der Waals surface area contributed by atoms with Gasteiger partial charge in [-0.05, 0) is 17.9 Å². The molecule has 1 aliphatic heterocycles. The number of hydrogen-bond acceptors (Lipinski definition) is 6. The first kappa shape index (κ1) is 18.7. The first-order chi connectivity index (χ1) is 11.2. The second-order valence-electron chi connectivity index (χ2n) is 6.92. The van der Waals surface area contributed by atoms with E-state index in [-0.39, 0.29) is 5.41 Å². The van der Waals surface area contributed by atoms with Crippen LogP contribution in [0.25, 0.3) is 0 Å². The highest BCUT2D eigenvalue weighted by atomic mass is 16.7. The first-order valence-electron chi connectivity index (χ1n) is 8.07. The van der Waals surface area contributed by atoms with Crippen LogP contribution >= 0.6 is 0 Å². The van der Waals surface area contributed by atoms with E-state index in [4.69, 9.17) is 9.47 Å². The molecular formula is C18H26O6. The summed E-state index contributed by atoms with van der Waals surface area (Å²) in [5, 5.41) is 0. The lowest BCUT2D eigenvalue weighted by Crippen LogP contribution is -2.41. The van der Waals surface area contributed by atoms with Crippen molar-refractivity contribution < 1.29 is 28.5 Å². The lowest BCUT2D eigenvalue weighted by molar-refractivity contribution is -0.178. The highest BCUT2D eigenvalue weighted by molar-refractivity contribution is 5.96. The molecule has 0 aromatic rings. The van der Waals surface area contributed by atoms with Crippen LogP contribution in [0.1, 0.15) is 33.6 Å². The standard InChI is InChI=1S/C18H26O6/c1-12-10-18(23-8-9-24-18)11-17(2,3)14(12)7-6-13(15(19)21-4)16(20)22-5/h6-7,13H,8-11H2,1-5H3/b7-6+. The summed E-state index contributed by atoms with van der Waals surface area (Å²) in [5.74, 6) is -2.88. The van der Waals surface area contributed by atoms with Crippen LogP contribution in [0.3, 0.4) is 0 Å². The van der Waals surface area contributed by atoms with Gasteiger partial charge in [0.15, 0.2) is 11.7 Å². The van der Waals surface area contributed by atoms with E-state index in [9.17, 15) is 9.59 Å². The summed E-state index contributed by atoms with van der Waals surface area (Å²) in [7, 11) is 2.50. The van der Waals surface area contributed by atoms with E-state index in [1.165, 1.54) is 14.2 Å². The number of esters is 2. The van der Waals surface area contributed by atoms with Crippen LogP contribution in [-0.4, -0.2) is 45.2 Å². The Kier molecular flexibility index (Phi) is 5.50. The van der Waals surface area contributed by atoms with Crippen molar-refractivity contribution in [1.29, 1.82) is 0 Å². The third-order valence-corrected chi connectivity index (χ3v) is 4.61. The summed E-state index contributed by atoms with van der Waals surface area (Å²) in [6, 6.07) is 0. The number of allylic oxidation sites excluding steroid dienone is 2. The van der Waals surface area contributed by atoms with E-state index < -0.39 is 23.6 Å². The lowest BCUT2D eigenvalue weighted by atomic mass is 9.70. The van der Waals surface area contributed by atoms with Crippen molar-refractivity contribution >= 4 is 11.9 Å². The Bertz CT molecular complexity index is 550. The largest absolute Gasteiger partial charge is 0.468 e. The fraction of sp³-hybridized carbons (Fsp3) is 0.667. The summed E-state index contributed by atoms with van der Waals surface area (Å²) in [6.07, 6.45) is 4.78. The molecule has 1 aliphatic carbocycles. The molecule has 6 nitrogen and oxygen atoms in total. The molecule has 6 heteroatoms. The monoisotopic (exact) mass is 338 g/mol. The SMILES string of the molecule is COC(=O)C(/C=C/C1=C(C)CC2(CC1(C)C)OCCO2)C(=O)OC. The van der Waals surface area contributed by atoms with Crippen molar-refractivity contribution in [2.45, 2.75) is 39.4 Å². The van der Waals surface area contributed by atoms with Gasteiger partial charge in [0.2, 0.25) is 0 Å². The van der Waals surface area contributed by atoms with E-state index in [2.05, 4.69) is 23.3 Å². The fourth-order valence-electron chi connectivity index (χ4n) is 3.68. The predicted molar refractivity (Wildman–Crippen MR) is 87.0 cm³/mol. The Morgan fingerprint density at radius 1 is 1.12 bits per heavy atom. The molecule has 0 saturated carbocycles. The second kappa shape index (κ2) is 7.07. The van der Waals surface area contributed by atoms with Gasteiger partial charge in [0.05, 0.1) is 27.4 Å². The molecule has 1 fully saturated rings. The third-order valence-electron chi connectivity index (χ3n) is 4.61. The Labute approximate surface area is 142 Å². The minimum absolute atomic E-state index is 0.208. The number of methoxy groups -OCH3 is 2. The molecule has 134 valence electrons. The first-order valence-corrected chi connectivity index (χ1v) is 8.07. The average Bonchev–Trinajstić information content (AvgIpc) is 2.95. The van der Waals surface area contributed by atoms with Crippen LogP contribution in [-0.2, 0) is 28.5 Å². The van der Waals surface area contributed by atoms with Crippen molar-refractivity contribution in [2.24, 2.45) is 11.3 Å². The zero-order chi connectivity index (χ0) is 18.0. The second-order valence-corrected chi connectivity index (χ2v) is 6.92. The number of ether oxygens (including phenoxy) is 4. The molecule has 1 spiro atoms. The van der Waals surface area contributed by atoms with Crippen LogP contribution in [0.15, 0.2) is 23.3 Å². The van der Waals surface area contributed by atoms with Gasteiger partial charge in [0, 0.05) is 12.8 Å². The summed E-state index contributed by atoms with van der Waals surface area (Å²) in [4.78, 5) is 23.6. The van der Waals surface area contributed by atoms with Gasteiger partial charge in [-0.1, -0.05) is 31.6 Å². The van der Waals surface area contributed by atoms with Gasteiger partial charge in [0.25, 0.3) is 0 Å². The predicted octanol–water partition coefficient (Wildman–Crippen LogP) is 2.38. The molecule has 0 amide bonds. The van der Waals surface area contributed by atoms with Gasteiger partial charge in [-0.25, -0.2) is 0 Å². The minimum Gasteiger partial charge on any atom is -0.468 e. The molecule has 0 radical (unpaired) electrons. The molecule has 2 rings (SSSR count). The van der Waals surface area contributed by atoms with E-state index in [1.54, 1.807) is 6.08 Å². The Morgan fingerprint density at radius 3 is 2.12 bits per heavy atom. The van der Waals surface area contributed by atoms with Gasteiger partial charge in [-0.3, -0.25) is 9.59 Å². The van der Waals surface area contributed by atoms with Crippen molar-refractivity contribution in [3.63, 3.8) is 0 Å². The van der Waals surface area contributed by atoms with Gasteiger partial charge in [-0.2, -0.15) is 0 Å². The van der Waals surface area contributed by atoms with Crippen LogP contribution < -0.4 is 0 Å². The highest BCUT2D eigenvalue weighted by Gasteiger charge is 2.46. The van der Waals surface area contributed by atoms with Crippen LogP contribution in [0.5, 0.6) is 0 Å². The van der Waals surface area contributed by atoms with E-state index >= 15 is 0 Å². The van der Waals surface area contributed by atoms with Crippen molar-refractivity contribution in [3.8, 4) is 0 Å². The smallest absolute Gasteiger partial charge is 0.323 e. The van der Waals surface area contributed by atoms with Crippen LogP contribution in [0.4, 0.5) is 0 Å². The quantitative estimate of drug-likeness (QED) is 0.579. The molecule has 0 unspecified atom stereocenters. The van der Waals surface area contributed by atoms with Gasteiger partial charge < -0.3 is 18.9 Å². The molecular weight excluding hydrogens is 312 g/mol. The van der Waals surface area contributed by atoms with E-state index in [1.807, 2.05) is 13.0 Å². The zero-order valence-electron chi connectivity index (χ0n) is 15.0. The maximum Gasteiger partial charge on any atom is 0.323 e. The van der Waals surface area contributed by atoms with Crippen molar-refractivity contribution in [3.05, 3.63) is 23.3 Å². The summed E-state index contributed by atoms with van der Waals surface area (Å²) in [6.45, 7) is 7.46. The molecule has 0 N–H and O–H groups in total. The summed E-state index contributed by atoms with van der Waals surface area (Å²) >= 11 is 0. The molecule has 0 aromatic carbocycles. The normalized spacial score (nSPS) is 22.4. The Morgan fingerprint density at radius 2 is 1.67 bits per heavy atom. The summed E-state index contributed by atoms with van der Waals surface area (Å²) < 4.78 is 21.1. The molecule has 2 aliphatic rings. The average molecular weight is 338 g/mol. The van der Waals surface area contributed by atoms with Gasteiger partial charge in [-0.15, -0.1) is 0 Å². The van der Waals surface area contributed by atoms with Crippen LogP contribution in [0.2, 0.25) is 0 Å². The highest BCUT2D eigenvalue weighted by Crippen LogP contribution is 2.48. The molecule has 0 atom stereocenters. The summed E-state index contributed by atoms with van der Waals surface area (Å²) in [5.41, 5.74) is 1.99. The van der Waals surface area contributed by atoms with Gasteiger partial charge >= 0.3 is 11.9 Å². The van der Waals surface area contributed by atoms with Crippen LogP contribution in [0, 0.1) is 11.3 Å². The topological polar surface area (TPSA) is 71.1 Å². The maximum absolute atomic E-state index is 11.8. The number of rotatable bonds is 4. The van der Waals surface area contributed by atoms with E-state index in [0.29, 0.717) is 19.6 Å². The van der Waals surface area contributed by atoms with Crippen molar-refractivity contribution in [1.82, 2.24) is 0 Å². The minimum atomic E-state index is -1.06. The fourth-order valence-corrected chi connectivity index (χ4v) is 3.68. The molecule has 1 heterocycles. The number of carbonyl (C=O) groups excluding carboxylic acids is 2. The Balaban J connectivity index is 2.28. The molecule has 0 aromatic heterocycles. The zero-order valence-corrected chi connectivity index (χ0v) is 15.0. The van der Waals surface area contributed by atoms with Gasteiger partial charge in [0.1, 0.15) is 0 Å².